The van der Waals surface area contributed by atoms with E-state index in [2.05, 4.69) is 31.3 Å². The van der Waals surface area contributed by atoms with Crippen LogP contribution in [0.15, 0.2) is 12.2 Å². The van der Waals surface area contributed by atoms with Gasteiger partial charge in [0.05, 0.1) is 18.8 Å². The molecule has 39 heavy (non-hydrogen) atoms. The number of aliphatic hydroxyl groups excluding tert-OH is 2. The molecular formula is C35H69NO3. The molecule has 0 rings (SSSR count). The Hall–Kier alpha value is -0.870. The molecule has 0 aliphatic carbocycles. The van der Waals surface area contributed by atoms with Crippen molar-refractivity contribution >= 4 is 5.91 Å². The van der Waals surface area contributed by atoms with E-state index in [1.54, 1.807) is 0 Å². The van der Waals surface area contributed by atoms with Crippen LogP contribution in [0.3, 0.4) is 0 Å². The number of hydrogen-bond donors (Lipinski definition) is 3. The number of nitrogens with one attached hydrogen (secondary N) is 1. The topological polar surface area (TPSA) is 69.6 Å². The first-order chi connectivity index (χ1) is 19.2. The Morgan fingerprint density at radius 3 is 1.41 bits per heavy atom. The molecule has 4 nitrogen and oxygen atoms in total. The van der Waals surface area contributed by atoms with Crippen molar-refractivity contribution in [1.29, 1.82) is 0 Å². The normalized spacial score (nSPS) is 13.2. The Morgan fingerprint density at radius 2 is 0.974 bits per heavy atom. The van der Waals surface area contributed by atoms with Gasteiger partial charge < -0.3 is 15.5 Å². The summed E-state index contributed by atoms with van der Waals surface area (Å²) >= 11 is 0. The third-order valence-electron chi connectivity index (χ3n) is 8.03. The molecule has 0 heterocycles. The lowest BCUT2D eigenvalue weighted by Crippen LogP contribution is -2.45. The number of amides is 1. The number of carbonyl (C=O) groups excluding carboxylic acids is 1. The first-order valence-electron chi connectivity index (χ1n) is 17.4. The van der Waals surface area contributed by atoms with Gasteiger partial charge in [0, 0.05) is 6.42 Å². The van der Waals surface area contributed by atoms with Crippen molar-refractivity contribution < 1.29 is 15.0 Å². The van der Waals surface area contributed by atoms with Crippen LogP contribution in [-0.4, -0.2) is 34.9 Å². The van der Waals surface area contributed by atoms with E-state index in [4.69, 9.17) is 0 Å². The highest BCUT2D eigenvalue weighted by Gasteiger charge is 2.19. The van der Waals surface area contributed by atoms with Crippen molar-refractivity contribution in [2.45, 2.75) is 199 Å². The second kappa shape index (κ2) is 31.7. The summed E-state index contributed by atoms with van der Waals surface area (Å²) in [6.45, 7) is 4.33. The Bertz CT molecular complexity index is 522. The molecule has 1 amide bonds. The summed E-state index contributed by atoms with van der Waals surface area (Å²) in [5.41, 5.74) is 0. The predicted molar refractivity (Wildman–Crippen MR) is 170 cm³/mol. The van der Waals surface area contributed by atoms with E-state index in [1.165, 1.54) is 135 Å². The van der Waals surface area contributed by atoms with E-state index in [0.717, 1.165) is 25.7 Å². The summed E-state index contributed by atoms with van der Waals surface area (Å²) in [5.74, 6) is -0.0414. The maximum atomic E-state index is 12.3. The predicted octanol–water partition coefficient (Wildman–Crippen LogP) is 9.95. The van der Waals surface area contributed by atoms with Crippen molar-refractivity contribution in [2.24, 2.45) is 0 Å². The van der Waals surface area contributed by atoms with Crippen LogP contribution in [0.5, 0.6) is 0 Å². The molecule has 0 fully saturated rings. The summed E-state index contributed by atoms with van der Waals surface area (Å²) in [5, 5.41) is 23.0. The first-order valence-corrected chi connectivity index (χ1v) is 17.4. The van der Waals surface area contributed by atoms with E-state index in [9.17, 15) is 15.0 Å². The average molecular weight is 552 g/mol. The smallest absolute Gasteiger partial charge is 0.220 e. The molecule has 232 valence electrons. The lowest BCUT2D eigenvalue weighted by molar-refractivity contribution is -0.123. The van der Waals surface area contributed by atoms with E-state index < -0.39 is 12.1 Å². The van der Waals surface area contributed by atoms with Crippen molar-refractivity contribution in [3.05, 3.63) is 12.2 Å². The minimum atomic E-state index is -0.656. The molecule has 0 aromatic carbocycles. The zero-order valence-corrected chi connectivity index (χ0v) is 26.4. The summed E-state index contributed by atoms with van der Waals surface area (Å²) in [4.78, 5) is 12.3. The highest BCUT2D eigenvalue weighted by Crippen LogP contribution is 2.15. The summed E-state index contributed by atoms with van der Waals surface area (Å²) < 4.78 is 0. The lowest BCUT2D eigenvalue weighted by atomic mass is 10.0. The molecule has 0 saturated carbocycles. The van der Waals surface area contributed by atoms with Gasteiger partial charge in [-0.05, 0) is 38.5 Å². The fraction of sp³-hybridized carbons (Fsp3) is 0.914. The molecule has 0 saturated heterocycles. The van der Waals surface area contributed by atoms with Gasteiger partial charge in [-0.15, -0.1) is 0 Å². The molecule has 3 N–H and O–H groups in total. The molecule has 0 aliphatic rings. The minimum absolute atomic E-state index is 0.0414. The lowest BCUT2D eigenvalue weighted by Gasteiger charge is -2.22. The molecule has 0 radical (unpaired) electrons. The number of allylic oxidation sites excluding steroid dienone is 2. The summed E-state index contributed by atoms with van der Waals surface area (Å²) in [6.07, 6.45) is 36.8. The van der Waals surface area contributed by atoms with Crippen LogP contribution in [0.25, 0.3) is 0 Å². The zero-order valence-electron chi connectivity index (χ0n) is 26.4. The van der Waals surface area contributed by atoms with Crippen LogP contribution in [-0.2, 0) is 4.79 Å². The molecule has 0 bridgehead atoms. The number of hydrogen-bond acceptors (Lipinski definition) is 3. The molecule has 0 aliphatic heterocycles. The van der Waals surface area contributed by atoms with Gasteiger partial charge >= 0.3 is 0 Å². The molecule has 0 aromatic rings. The summed E-state index contributed by atoms with van der Waals surface area (Å²) in [7, 11) is 0. The van der Waals surface area contributed by atoms with Gasteiger partial charge in [-0.25, -0.2) is 0 Å². The fourth-order valence-electron chi connectivity index (χ4n) is 5.29. The monoisotopic (exact) mass is 552 g/mol. The van der Waals surface area contributed by atoms with Crippen molar-refractivity contribution in [1.82, 2.24) is 5.32 Å². The second-order valence-electron chi connectivity index (χ2n) is 11.9. The Balaban J connectivity index is 3.58. The molecule has 4 heteroatoms. The van der Waals surface area contributed by atoms with Gasteiger partial charge in [0.1, 0.15) is 0 Å². The average Bonchev–Trinajstić information content (AvgIpc) is 2.94. The Kier molecular flexibility index (Phi) is 30.9. The Morgan fingerprint density at radius 1 is 0.590 bits per heavy atom. The fourth-order valence-corrected chi connectivity index (χ4v) is 5.29. The highest BCUT2D eigenvalue weighted by molar-refractivity contribution is 5.76. The van der Waals surface area contributed by atoms with E-state index in [1.807, 2.05) is 0 Å². The molecule has 0 aromatic heterocycles. The second-order valence-corrected chi connectivity index (χ2v) is 11.9. The van der Waals surface area contributed by atoms with Crippen molar-refractivity contribution in [3.8, 4) is 0 Å². The van der Waals surface area contributed by atoms with Crippen LogP contribution in [0.4, 0.5) is 0 Å². The van der Waals surface area contributed by atoms with Crippen LogP contribution in [0.1, 0.15) is 187 Å². The number of carbonyl (C=O) groups is 1. The van der Waals surface area contributed by atoms with Crippen molar-refractivity contribution in [2.75, 3.05) is 6.61 Å². The maximum absolute atomic E-state index is 12.3. The van der Waals surface area contributed by atoms with Crippen LogP contribution < -0.4 is 5.32 Å². The first kappa shape index (κ1) is 38.1. The maximum Gasteiger partial charge on any atom is 0.220 e. The van der Waals surface area contributed by atoms with E-state index >= 15 is 0 Å². The largest absolute Gasteiger partial charge is 0.394 e. The third-order valence-corrected chi connectivity index (χ3v) is 8.03. The quantitative estimate of drug-likeness (QED) is 0.0593. The van der Waals surface area contributed by atoms with Gasteiger partial charge in [-0.3, -0.25) is 4.79 Å². The van der Waals surface area contributed by atoms with Gasteiger partial charge in [0.2, 0.25) is 5.91 Å². The van der Waals surface area contributed by atoms with E-state index in [0.29, 0.717) is 12.8 Å². The molecular weight excluding hydrogens is 482 g/mol. The van der Waals surface area contributed by atoms with E-state index in [-0.39, 0.29) is 12.5 Å². The van der Waals surface area contributed by atoms with Gasteiger partial charge in [0.25, 0.3) is 0 Å². The SMILES string of the molecule is CCCCCCC/C=C\CCCCCCCC(=O)NC(CO)C(O)CCCCCCCCCCCCCCC. The van der Waals surface area contributed by atoms with Gasteiger partial charge in [-0.2, -0.15) is 0 Å². The van der Waals surface area contributed by atoms with Crippen LogP contribution >= 0.6 is 0 Å². The molecule has 2 unspecified atom stereocenters. The zero-order chi connectivity index (χ0) is 28.7. The number of aliphatic hydroxyl groups is 2. The van der Waals surface area contributed by atoms with Crippen LogP contribution in [0, 0.1) is 0 Å². The van der Waals surface area contributed by atoms with Gasteiger partial charge in [0.15, 0.2) is 0 Å². The highest BCUT2D eigenvalue weighted by atomic mass is 16.3. The number of unbranched alkanes of at least 4 members (excludes halogenated alkanes) is 22. The Labute approximate surface area is 244 Å². The third kappa shape index (κ3) is 28.5. The molecule has 2 atom stereocenters. The summed E-state index contributed by atoms with van der Waals surface area (Å²) in [6, 6.07) is -0.534. The number of rotatable bonds is 31. The van der Waals surface area contributed by atoms with Crippen LogP contribution in [0.2, 0.25) is 0 Å². The standard InChI is InChI=1S/C35H69NO3/c1-3-5-7-9-11-13-15-17-19-21-23-25-27-29-31-35(39)36-33(32-37)34(38)30-28-26-24-22-20-18-16-14-12-10-8-6-4-2/h15,17,33-34,37-38H,3-14,16,18-32H2,1-2H3,(H,36,39)/b17-15-. The molecule has 0 spiro atoms. The van der Waals surface area contributed by atoms with Crippen molar-refractivity contribution in [3.63, 3.8) is 0 Å². The minimum Gasteiger partial charge on any atom is -0.394 e. The van der Waals surface area contributed by atoms with Gasteiger partial charge in [-0.1, -0.05) is 154 Å².